The van der Waals surface area contributed by atoms with Crippen molar-refractivity contribution in [3.8, 4) is 17.6 Å². The lowest BCUT2D eigenvalue weighted by Crippen LogP contribution is -2.49. The quantitative estimate of drug-likeness (QED) is 0.235. The Hall–Kier alpha value is -2.66. The molecule has 40 heavy (non-hydrogen) atoms. The van der Waals surface area contributed by atoms with Crippen LogP contribution in [-0.2, 0) is 11.0 Å². The number of anilines is 2. The van der Waals surface area contributed by atoms with Gasteiger partial charge in [0.15, 0.2) is 0 Å². The Balaban J connectivity index is 1.64. The summed E-state index contributed by atoms with van der Waals surface area (Å²) in [5.41, 5.74) is 1.27. The molecule has 1 aromatic heterocycles. The molecule has 3 aromatic rings. The van der Waals surface area contributed by atoms with Crippen LogP contribution in [0.3, 0.4) is 0 Å². The van der Waals surface area contributed by atoms with Crippen LogP contribution in [0.1, 0.15) is 28.4 Å². The van der Waals surface area contributed by atoms with Crippen molar-refractivity contribution in [3.63, 3.8) is 0 Å². The smallest absolute Gasteiger partial charge is 0.393 e. The number of benzene rings is 2. The minimum Gasteiger partial charge on any atom is -0.495 e. The molecule has 1 fully saturated rings. The Morgan fingerprint density at radius 2 is 1.90 bits per heavy atom. The minimum atomic E-state index is -4.41. The van der Waals surface area contributed by atoms with Crippen molar-refractivity contribution < 1.29 is 26.6 Å². The van der Waals surface area contributed by atoms with E-state index in [-0.39, 0.29) is 23.9 Å². The second-order valence-corrected chi connectivity index (χ2v) is 15.3. The molecule has 2 heterocycles. The molecule has 0 amide bonds. The maximum atomic E-state index is 13.7. The molecule has 5 nitrogen and oxygen atoms in total. The van der Waals surface area contributed by atoms with E-state index >= 15 is 0 Å². The molecule has 3 atom stereocenters. The third-order valence-corrected chi connectivity index (χ3v) is 9.93. The minimum absolute atomic E-state index is 0.00377. The summed E-state index contributed by atoms with van der Waals surface area (Å²) in [6.45, 7) is 9.39. The van der Waals surface area contributed by atoms with Crippen LogP contribution in [0.15, 0.2) is 36.4 Å². The number of halogens is 3. The number of thiophene rings is 1. The van der Waals surface area contributed by atoms with Crippen molar-refractivity contribution in [1.82, 2.24) is 4.90 Å². The van der Waals surface area contributed by atoms with Crippen LogP contribution in [0, 0.1) is 23.7 Å². The van der Waals surface area contributed by atoms with Gasteiger partial charge < -0.3 is 24.8 Å². The maximum absolute atomic E-state index is 13.7. The van der Waals surface area contributed by atoms with Crippen molar-refractivity contribution in [1.29, 1.82) is 0 Å². The Kier molecular flexibility index (Phi) is 7.92. The van der Waals surface area contributed by atoms with Gasteiger partial charge in [0.1, 0.15) is 12.9 Å². The van der Waals surface area contributed by atoms with E-state index in [2.05, 4.69) is 48.3 Å². The van der Waals surface area contributed by atoms with Crippen LogP contribution < -0.4 is 20.7 Å². The van der Waals surface area contributed by atoms with Gasteiger partial charge >= 0.3 is 6.18 Å². The first-order chi connectivity index (χ1) is 19.9. The summed E-state index contributed by atoms with van der Waals surface area (Å²) in [6, 6.07) is 10.2. The van der Waals surface area contributed by atoms with E-state index in [0.29, 0.717) is 33.1 Å². The summed E-state index contributed by atoms with van der Waals surface area (Å²) in [5.74, 6) is 6.54. The van der Waals surface area contributed by atoms with Crippen LogP contribution >= 0.6 is 18.5 Å². The standard InChI is InChI=1S/C30H37F3N3O2PS/c1-19-17-36(3)18-20(2)28(19)35-25-10-7-9-22-23(16-30(31,32)33)27(40-29(22)25)11-8-14-34-24-13-12-21(39(5,6)37)15-26(24)38-4/h7,9-10,12-13,15,19-20,28,34-35H,14,16-18H2,1-6H3/t19-,20+,28?/i4D3. The van der Waals surface area contributed by atoms with E-state index in [1.807, 2.05) is 6.07 Å². The summed E-state index contributed by atoms with van der Waals surface area (Å²) in [7, 11) is -3.32. The summed E-state index contributed by atoms with van der Waals surface area (Å²) in [4.78, 5) is 2.63. The lowest BCUT2D eigenvalue weighted by Gasteiger charge is -2.40. The molecule has 4 rings (SSSR count). The molecule has 0 aliphatic carbocycles. The molecule has 216 valence electrons. The van der Waals surface area contributed by atoms with Gasteiger partial charge in [0.25, 0.3) is 0 Å². The fourth-order valence-electron chi connectivity index (χ4n) is 5.41. The zero-order chi connectivity index (χ0) is 31.7. The fraction of sp³-hybridized carbons (Fsp3) is 0.467. The van der Waals surface area contributed by atoms with Gasteiger partial charge in [-0.1, -0.05) is 37.8 Å². The molecule has 0 spiro atoms. The fourth-order valence-corrected chi connectivity index (χ4v) is 7.44. The van der Waals surface area contributed by atoms with Crippen LogP contribution in [0.2, 0.25) is 0 Å². The first-order valence-electron chi connectivity index (χ1n) is 14.6. The first-order valence-corrected chi connectivity index (χ1v) is 16.5. The van der Waals surface area contributed by atoms with Crippen molar-refractivity contribution in [2.24, 2.45) is 11.8 Å². The third kappa shape index (κ3) is 7.15. The van der Waals surface area contributed by atoms with Crippen LogP contribution in [-0.4, -0.2) is 64.2 Å². The van der Waals surface area contributed by atoms with E-state index in [4.69, 9.17) is 8.85 Å². The van der Waals surface area contributed by atoms with Crippen LogP contribution in [0.4, 0.5) is 24.5 Å². The third-order valence-electron chi connectivity index (χ3n) is 7.21. The summed E-state index contributed by atoms with van der Waals surface area (Å²) in [6.07, 6.45) is -5.51. The number of methoxy groups -OCH3 is 1. The number of rotatable bonds is 7. The lowest BCUT2D eigenvalue weighted by atomic mass is 9.86. The average molecular weight is 595 g/mol. The number of hydrogen-bond acceptors (Lipinski definition) is 6. The molecule has 0 bridgehead atoms. The normalized spacial score (nSPS) is 21.6. The zero-order valence-corrected chi connectivity index (χ0v) is 25.0. The molecule has 1 aliphatic rings. The number of nitrogens with zero attached hydrogens (tertiary/aromatic N) is 1. The van der Waals surface area contributed by atoms with Crippen molar-refractivity contribution in [3.05, 3.63) is 46.8 Å². The van der Waals surface area contributed by atoms with Gasteiger partial charge in [0.05, 0.1) is 45.1 Å². The van der Waals surface area contributed by atoms with Gasteiger partial charge in [0, 0.05) is 24.4 Å². The lowest BCUT2D eigenvalue weighted by molar-refractivity contribution is -0.126. The number of alkyl halides is 3. The zero-order valence-electron chi connectivity index (χ0n) is 26.3. The molecule has 2 aromatic carbocycles. The Morgan fingerprint density at radius 1 is 1.18 bits per heavy atom. The average Bonchev–Trinajstić information content (AvgIpc) is 3.19. The highest BCUT2D eigenvalue weighted by Crippen LogP contribution is 2.40. The molecule has 10 heteroatoms. The predicted octanol–water partition coefficient (Wildman–Crippen LogP) is 6.72. The van der Waals surface area contributed by atoms with Gasteiger partial charge in [-0.2, -0.15) is 13.2 Å². The Morgan fingerprint density at radius 3 is 2.55 bits per heavy atom. The molecule has 1 unspecified atom stereocenters. The largest absolute Gasteiger partial charge is 0.495 e. The molecular formula is C30H37F3N3O2PS. The van der Waals surface area contributed by atoms with E-state index < -0.39 is 26.8 Å². The number of nitrogens with one attached hydrogen (secondary N) is 2. The first kappa shape index (κ1) is 26.3. The summed E-state index contributed by atoms with van der Waals surface area (Å²) in [5, 5.41) is 7.62. The van der Waals surface area contributed by atoms with E-state index in [0.717, 1.165) is 23.5 Å². The highest BCUT2D eigenvalue weighted by molar-refractivity contribution is 7.70. The van der Waals surface area contributed by atoms with Crippen LogP contribution in [0.25, 0.3) is 10.1 Å². The summed E-state index contributed by atoms with van der Waals surface area (Å²) < 4.78 is 81.9. The Labute approximate surface area is 243 Å². The van der Waals surface area contributed by atoms with Crippen molar-refractivity contribution in [2.75, 3.05) is 57.7 Å². The number of piperidine rings is 1. The number of likely N-dealkylation sites (tertiary alicyclic amines) is 1. The highest BCUT2D eigenvalue weighted by Gasteiger charge is 2.33. The van der Waals surface area contributed by atoms with Gasteiger partial charge in [-0.3, -0.25) is 0 Å². The molecule has 1 aliphatic heterocycles. The maximum Gasteiger partial charge on any atom is 0.393 e. The SMILES string of the molecule is [2H]C([2H])([2H])Oc1cc(P(C)(C)=O)ccc1NCC#Cc1sc2c(NC3[C@H](C)CN(C)C[C@@H]3C)cccc2c1CC(F)(F)F. The number of hydrogen-bond donors (Lipinski definition) is 2. The second kappa shape index (κ2) is 12.1. The van der Waals surface area contributed by atoms with E-state index in [1.165, 1.54) is 17.4 Å². The second-order valence-electron chi connectivity index (χ2n) is 11.0. The molecule has 1 saturated heterocycles. The van der Waals surface area contributed by atoms with E-state index in [9.17, 15) is 17.7 Å². The highest BCUT2D eigenvalue weighted by atomic mass is 32.1. The topological polar surface area (TPSA) is 53.6 Å². The summed E-state index contributed by atoms with van der Waals surface area (Å²) >= 11 is 1.24. The van der Waals surface area contributed by atoms with Crippen LogP contribution in [0.5, 0.6) is 5.75 Å². The predicted molar refractivity (Wildman–Crippen MR) is 162 cm³/mol. The van der Waals surface area contributed by atoms with Crippen molar-refractivity contribution in [2.45, 2.75) is 32.5 Å². The molecule has 0 radical (unpaired) electrons. The molecule has 0 saturated carbocycles. The Bertz CT molecular complexity index is 1560. The van der Waals surface area contributed by atoms with Gasteiger partial charge in [-0.15, -0.1) is 11.3 Å². The number of fused-ring (bicyclic) bond motifs is 1. The van der Waals surface area contributed by atoms with Gasteiger partial charge in [0.2, 0.25) is 0 Å². The van der Waals surface area contributed by atoms with Gasteiger partial charge in [-0.25, -0.2) is 0 Å². The molecule has 2 N–H and O–H groups in total. The molecular weight excluding hydrogens is 554 g/mol. The monoisotopic (exact) mass is 594 g/mol. The van der Waals surface area contributed by atoms with Crippen molar-refractivity contribution >= 4 is 45.2 Å². The van der Waals surface area contributed by atoms with Gasteiger partial charge in [-0.05, 0) is 67.4 Å². The van der Waals surface area contributed by atoms with E-state index in [1.54, 1.807) is 37.6 Å². The number of ether oxygens (including phenoxy) is 1.